The van der Waals surface area contributed by atoms with Gasteiger partial charge in [-0.25, -0.2) is 4.79 Å². The maximum atomic E-state index is 13.1. The lowest BCUT2D eigenvalue weighted by Gasteiger charge is -2.22. The largest absolute Gasteiger partial charge is 0.508 e. The number of hydrogen-bond donors (Lipinski definition) is 8. The van der Waals surface area contributed by atoms with Gasteiger partial charge in [0.25, 0.3) is 0 Å². The summed E-state index contributed by atoms with van der Waals surface area (Å²) in [6, 6.07) is 11.6. The Balaban J connectivity index is 1.73. The van der Waals surface area contributed by atoms with E-state index in [0.29, 0.717) is 24.9 Å². The standard InChI is InChI=1S/C30H38N6O8/c37-21-11-9-20(10-12-21)15-23-28(41)33-17-25(38)32-18-27(40)35-24(14-19-6-2-1-3-7-19)29(42)36-22(30(43)44)8-4-5-13-31-16-26(39)34-23/h1-3,6-7,9-12,22-24,31,37H,4-5,8,13-18H2,(H,32,38)(H,33,41)(H,34,39)(H,35,40)(H,36,42)(H,43,44)/t22-,23-,24-/m0/s1. The zero-order valence-electron chi connectivity index (χ0n) is 24.1. The molecule has 3 rings (SSSR count). The second-order valence-electron chi connectivity index (χ2n) is 10.4. The van der Waals surface area contributed by atoms with Gasteiger partial charge in [-0.2, -0.15) is 0 Å². The van der Waals surface area contributed by atoms with E-state index in [1.54, 1.807) is 42.5 Å². The molecule has 5 amide bonds. The molecule has 2 aromatic carbocycles. The van der Waals surface area contributed by atoms with E-state index in [1.165, 1.54) is 12.1 Å². The Labute approximate surface area is 254 Å². The fraction of sp³-hybridized carbons (Fsp3) is 0.400. The molecule has 1 aliphatic heterocycles. The minimum absolute atomic E-state index is 0.0419. The van der Waals surface area contributed by atoms with Crippen molar-refractivity contribution < 1.29 is 39.0 Å². The number of phenols is 1. The lowest BCUT2D eigenvalue weighted by molar-refractivity contribution is -0.142. The normalized spacial score (nSPS) is 21.8. The van der Waals surface area contributed by atoms with Crippen LogP contribution in [0.15, 0.2) is 54.6 Å². The first kappa shape index (κ1) is 33.5. The fourth-order valence-electron chi connectivity index (χ4n) is 4.49. The number of aliphatic carboxylic acids is 1. The van der Waals surface area contributed by atoms with Crippen LogP contribution in [0.25, 0.3) is 0 Å². The van der Waals surface area contributed by atoms with Crippen LogP contribution in [0, 0.1) is 0 Å². The van der Waals surface area contributed by atoms with Crippen molar-refractivity contribution in [3.63, 3.8) is 0 Å². The third-order valence-electron chi connectivity index (χ3n) is 6.83. The number of rotatable bonds is 5. The van der Waals surface area contributed by atoms with Crippen molar-refractivity contribution in [1.82, 2.24) is 31.9 Å². The molecule has 2 aromatic rings. The maximum Gasteiger partial charge on any atom is 0.326 e. The van der Waals surface area contributed by atoms with Gasteiger partial charge < -0.3 is 42.1 Å². The van der Waals surface area contributed by atoms with Crippen LogP contribution in [0.3, 0.4) is 0 Å². The number of phenolic OH excluding ortho intramolecular Hbond substituents is 1. The minimum Gasteiger partial charge on any atom is -0.508 e. The molecule has 1 saturated heterocycles. The van der Waals surface area contributed by atoms with E-state index >= 15 is 0 Å². The van der Waals surface area contributed by atoms with Crippen LogP contribution in [0.2, 0.25) is 0 Å². The van der Waals surface area contributed by atoms with Crippen LogP contribution in [0.1, 0.15) is 30.4 Å². The monoisotopic (exact) mass is 610 g/mol. The molecule has 0 spiro atoms. The maximum absolute atomic E-state index is 13.1. The molecule has 236 valence electrons. The second-order valence-corrected chi connectivity index (χ2v) is 10.4. The van der Waals surface area contributed by atoms with Crippen molar-refractivity contribution in [3.8, 4) is 5.75 Å². The highest BCUT2D eigenvalue weighted by Gasteiger charge is 2.27. The lowest BCUT2D eigenvalue weighted by Crippen LogP contribution is -2.54. The summed E-state index contributed by atoms with van der Waals surface area (Å²) >= 11 is 0. The zero-order valence-corrected chi connectivity index (χ0v) is 24.1. The van der Waals surface area contributed by atoms with Crippen LogP contribution in [0.5, 0.6) is 5.75 Å². The molecule has 14 nitrogen and oxygen atoms in total. The summed E-state index contributed by atoms with van der Waals surface area (Å²) in [4.78, 5) is 75.7. The second kappa shape index (κ2) is 17.2. The summed E-state index contributed by atoms with van der Waals surface area (Å²) in [5.41, 5.74) is 1.39. The van der Waals surface area contributed by atoms with Gasteiger partial charge in [-0.1, -0.05) is 42.5 Å². The average Bonchev–Trinajstić information content (AvgIpc) is 3.00. The van der Waals surface area contributed by atoms with Crippen LogP contribution < -0.4 is 31.9 Å². The van der Waals surface area contributed by atoms with Gasteiger partial charge in [-0.05, 0) is 49.1 Å². The summed E-state index contributed by atoms with van der Waals surface area (Å²) in [7, 11) is 0. The van der Waals surface area contributed by atoms with Crippen LogP contribution in [-0.2, 0) is 41.6 Å². The number of hydrogen-bond acceptors (Lipinski definition) is 8. The molecular formula is C30H38N6O8. The third-order valence-corrected chi connectivity index (χ3v) is 6.83. The summed E-state index contributed by atoms with van der Waals surface area (Å²) < 4.78 is 0. The van der Waals surface area contributed by atoms with Gasteiger partial charge in [-0.3, -0.25) is 24.0 Å². The fourth-order valence-corrected chi connectivity index (χ4v) is 4.49. The summed E-state index contributed by atoms with van der Waals surface area (Å²) in [5.74, 6) is -4.35. The van der Waals surface area contributed by atoms with Crippen LogP contribution in [0.4, 0.5) is 0 Å². The number of carbonyl (C=O) groups excluding carboxylic acids is 5. The number of amides is 5. The van der Waals surface area contributed by atoms with Gasteiger partial charge in [0.2, 0.25) is 29.5 Å². The number of aromatic hydroxyl groups is 1. The minimum atomic E-state index is -1.22. The number of benzene rings is 2. The molecule has 14 heteroatoms. The molecule has 1 heterocycles. The van der Waals surface area contributed by atoms with Gasteiger partial charge in [0, 0.05) is 12.8 Å². The van der Waals surface area contributed by atoms with Crippen LogP contribution >= 0.6 is 0 Å². The summed E-state index contributed by atoms with van der Waals surface area (Å²) in [6.07, 6.45) is 1.21. The molecule has 0 bridgehead atoms. The van der Waals surface area contributed by atoms with Crippen molar-refractivity contribution in [1.29, 1.82) is 0 Å². The highest BCUT2D eigenvalue weighted by atomic mass is 16.4. The molecule has 0 radical (unpaired) electrons. The summed E-state index contributed by atoms with van der Waals surface area (Å²) in [6.45, 7) is -0.737. The Hall–Kier alpha value is -4.98. The number of nitrogens with one attached hydrogen (secondary N) is 6. The van der Waals surface area contributed by atoms with Gasteiger partial charge in [0.15, 0.2) is 0 Å². The molecular weight excluding hydrogens is 572 g/mol. The predicted octanol–water partition coefficient (Wildman–Crippen LogP) is -1.28. The number of carboxylic acids is 1. The third kappa shape index (κ3) is 11.7. The first-order valence-electron chi connectivity index (χ1n) is 14.3. The Kier molecular flexibility index (Phi) is 13.1. The zero-order chi connectivity index (χ0) is 31.9. The van der Waals surface area contributed by atoms with Crippen molar-refractivity contribution in [3.05, 3.63) is 65.7 Å². The first-order valence-corrected chi connectivity index (χ1v) is 14.3. The molecule has 1 fully saturated rings. The smallest absolute Gasteiger partial charge is 0.326 e. The number of carbonyl (C=O) groups is 6. The quantitative estimate of drug-likeness (QED) is 0.202. The topological polar surface area (TPSA) is 215 Å². The highest BCUT2D eigenvalue weighted by Crippen LogP contribution is 2.12. The van der Waals surface area contributed by atoms with Gasteiger partial charge in [0.05, 0.1) is 19.6 Å². The van der Waals surface area contributed by atoms with Crippen molar-refractivity contribution in [2.45, 2.75) is 50.2 Å². The molecule has 0 unspecified atom stereocenters. The van der Waals surface area contributed by atoms with Crippen molar-refractivity contribution >= 4 is 35.5 Å². The molecule has 0 aromatic heterocycles. The van der Waals surface area contributed by atoms with E-state index in [1.807, 2.05) is 0 Å². The highest BCUT2D eigenvalue weighted by molar-refractivity contribution is 5.94. The molecule has 0 saturated carbocycles. The molecule has 8 N–H and O–H groups in total. The molecule has 3 atom stereocenters. The van der Waals surface area contributed by atoms with Crippen LogP contribution in [-0.4, -0.2) is 90.0 Å². The Morgan fingerprint density at radius 2 is 1.27 bits per heavy atom. The predicted molar refractivity (Wildman–Crippen MR) is 158 cm³/mol. The Bertz CT molecular complexity index is 1300. The van der Waals surface area contributed by atoms with Gasteiger partial charge >= 0.3 is 5.97 Å². The average molecular weight is 611 g/mol. The van der Waals surface area contributed by atoms with E-state index in [9.17, 15) is 39.0 Å². The Morgan fingerprint density at radius 3 is 1.93 bits per heavy atom. The van der Waals surface area contributed by atoms with Crippen molar-refractivity contribution in [2.75, 3.05) is 26.2 Å². The van der Waals surface area contributed by atoms with Gasteiger partial charge in [0.1, 0.15) is 23.9 Å². The van der Waals surface area contributed by atoms with Crippen molar-refractivity contribution in [2.24, 2.45) is 0 Å². The SMILES string of the molecule is O=C1CNC(=O)[C@H](Cc2ccc(O)cc2)NC(=O)CNCCCC[C@@H](C(=O)O)NC(=O)[C@H](Cc2ccccc2)NC(=O)CN1. The first-order chi connectivity index (χ1) is 21.1. The molecule has 0 aliphatic carbocycles. The Morgan fingerprint density at radius 1 is 0.682 bits per heavy atom. The van der Waals surface area contributed by atoms with E-state index in [2.05, 4.69) is 31.9 Å². The van der Waals surface area contributed by atoms with E-state index < -0.39 is 66.7 Å². The van der Waals surface area contributed by atoms with E-state index in [-0.39, 0.29) is 31.6 Å². The van der Waals surface area contributed by atoms with E-state index in [4.69, 9.17) is 0 Å². The molecule has 1 aliphatic rings. The van der Waals surface area contributed by atoms with E-state index in [0.717, 1.165) is 5.56 Å². The molecule has 44 heavy (non-hydrogen) atoms. The lowest BCUT2D eigenvalue weighted by atomic mass is 10.0. The van der Waals surface area contributed by atoms with Gasteiger partial charge in [-0.15, -0.1) is 0 Å². The number of carboxylic acid groups (broad SMARTS) is 1. The summed E-state index contributed by atoms with van der Waals surface area (Å²) in [5, 5.41) is 34.7.